The third-order valence-corrected chi connectivity index (χ3v) is 2.27. The van der Waals surface area contributed by atoms with Gasteiger partial charge in [0.05, 0.1) is 12.0 Å². The number of nitrogens with zero attached hydrogens (tertiary/aromatic N) is 1. The van der Waals surface area contributed by atoms with Gasteiger partial charge in [-0.2, -0.15) is 5.26 Å². The van der Waals surface area contributed by atoms with E-state index >= 15 is 0 Å². The maximum Gasteiger partial charge on any atom is 0.123 e. The Kier molecular flexibility index (Phi) is 3.61. The van der Waals surface area contributed by atoms with Gasteiger partial charge in [-0.05, 0) is 24.1 Å². The molecule has 74 valence electrons. The minimum Gasteiger partial charge on any atom is -0.323 e. The van der Waals surface area contributed by atoms with Gasteiger partial charge < -0.3 is 5.73 Å². The highest BCUT2D eigenvalue weighted by Crippen LogP contribution is 2.21. The summed E-state index contributed by atoms with van der Waals surface area (Å²) in [4.78, 5) is 0. The predicted octanol–water partition coefficient (Wildman–Crippen LogP) is 2.38. The van der Waals surface area contributed by atoms with Gasteiger partial charge in [-0.15, -0.1) is 0 Å². The molecule has 0 aliphatic rings. The average molecular weight is 192 g/mol. The van der Waals surface area contributed by atoms with Crippen molar-refractivity contribution in [2.45, 2.75) is 19.4 Å². The molecule has 0 amide bonds. The van der Waals surface area contributed by atoms with Crippen LogP contribution < -0.4 is 5.73 Å². The summed E-state index contributed by atoms with van der Waals surface area (Å²) in [5.41, 5.74) is 6.52. The van der Waals surface area contributed by atoms with Crippen molar-refractivity contribution in [3.63, 3.8) is 0 Å². The molecular formula is C11H13FN2. The quantitative estimate of drug-likeness (QED) is 0.799. The number of rotatable bonds is 3. The standard InChI is InChI=1S/C11H13FN2/c1-2-8(7-13)11(14)9-4-3-5-10(12)6-9/h3-6,8,11H,2,14H2,1H3. The molecule has 0 aromatic heterocycles. The van der Waals surface area contributed by atoms with Gasteiger partial charge in [0.2, 0.25) is 0 Å². The van der Waals surface area contributed by atoms with Crippen LogP contribution in [-0.2, 0) is 0 Å². The Balaban J connectivity index is 2.89. The van der Waals surface area contributed by atoms with Gasteiger partial charge in [-0.25, -0.2) is 4.39 Å². The average Bonchev–Trinajstić information content (AvgIpc) is 2.19. The molecule has 3 heteroatoms. The van der Waals surface area contributed by atoms with Crippen molar-refractivity contribution >= 4 is 0 Å². The molecule has 2 N–H and O–H groups in total. The summed E-state index contributed by atoms with van der Waals surface area (Å²) >= 11 is 0. The van der Waals surface area contributed by atoms with Gasteiger partial charge in [0.1, 0.15) is 5.82 Å². The zero-order chi connectivity index (χ0) is 10.6. The van der Waals surface area contributed by atoms with E-state index in [2.05, 4.69) is 6.07 Å². The highest BCUT2D eigenvalue weighted by atomic mass is 19.1. The van der Waals surface area contributed by atoms with Crippen molar-refractivity contribution < 1.29 is 4.39 Å². The van der Waals surface area contributed by atoms with Crippen LogP contribution in [0.5, 0.6) is 0 Å². The molecule has 1 aromatic carbocycles. The van der Waals surface area contributed by atoms with Crippen molar-refractivity contribution in [1.82, 2.24) is 0 Å². The minimum absolute atomic E-state index is 0.253. The second-order valence-electron chi connectivity index (χ2n) is 3.22. The van der Waals surface area contributed by atoms with Crippen molar-refractivity contribution in [3.8, 4) is 6.07 Å². The molecule has 0 saturated carbocycles. The number of hydrogen-bond acceptors (Lipinski definition) is 2. The van der Waals surface area contributed by atoms with E-state index in [4.69, 9.17) is 11.0 Å². The highest BCUT2D eigenvalue weighted by molar-refractivity contribution is 5.21. The molecule has 0 saturated heterocycles. The van der Waals surface area contributed by atoms with Gasteiger partial charge >= 0.3 is 0 Å². The second kappa shape index (κ2) is 4.73. The Labute approximate surface area is 83.2 Å². The Bertz CT molecular complexity index is 343. The summed E-state index contributed by atoms with van der Waals surface area (Å²) in [5.74, 6) is -0.567. The molecule has 0 heterocycles. The number of benzene rings is 1. The Morgan fingerprint density at radius 2 is 2.29 bits per heavy atom. The molecule has 0 spiro atoms. The lowest BCUT2D eigenvalue weighted by molar-refractivity contribution is 0.513. The molecule has 0 aliphatic carbocycles. The molecular weight excluding hydrogens is 179 g/mol. The van der Waals surface area contributed by atoms with Crippen molar-refractivity contribution in [2.75, 3.05) is 0 Å². The molecule has 1 aromatic rings. The minimum atomic E-state index is -0.402. The van der Waals surface area contributed by atoms with E-state index in [9.17, 15) is 4.39 Å². The fraction of sp³-hybridized carbons (Fsp3) is 0.364. The van der Waals surface area contributed by atoms with E-state index in [1.165, 1.54) is 12.1 Å². The summed E-state index contributed by atoms with van der Waals surface area (Å²) in [6, 6.07) is 7.81. The first-order valence-corrected chi connectivity index (χ1v) is 4.59. The van der Waals surface area contributed by atoms with Gasteiger partial charge in [0, 0.05) is 6.04 Å². The van der Waals surface area contributed by atoms with E-state index in [1.807, 2.05) is 6.92 Å². The molecule has 0 fully saturated rings. The Hall–Kier alpha value is -1.40. The van der Waals surface area contributed by atoms with Gasteiger partial charge in [0.25, 0.3) is 0 Å². The van der Waals surface area contributed by atoms with Crippen molar-refractivity contribution in [1.29, 1.82) is 5.26 Å². The van der Waals surface area contributed by atoms with Gasteiger partial charge in [-0.3, -0.25) is 0 Å². The van der Waals surface area contributed by atoms with Crippen molar-refractivity contribution in [2.24, 2.45) is 11.7 Å². The topological polar surface area (TPSA) is 49.8 Å². The Morgan fingerprint density at radius 3 is 2.79 bits per heavy atom. The van der Waals surface area contributed by atoms with E-state index in [1.54, 1.807) is 12.1 Å². The zero-order valence-electron chi connectivity index (χ0n) is 8.07. The SMILES string of the molecule is CCC(C#N)C(N)c1cccc(F)c1. The maximum atomic E-state index is 12.9. The van der Waals surface area contributed by atoms with Crippen LogP contribution in [0.25, 0.3) is 0 Å². The van der Waals surface area contributed by atoms with Crippen LogP contribution in [0.2, 0.25) is 0 Å². The van der Waals surface area contributed by atoms with E-state index in [0.717, 1.165) is 0 Å². The van der Waals surface area contributed by atoms with E-state index in [-0.39, 0.29) is 11.7 Å². The molecule has 0 bridgehead atoms. The summed E-state index contributed by atoms with van der Waals surface area (Å²) in [7, 11) is 0. The summed E-state index contributed by atoms with van der Waals surface area (Å²) in [5, 5.41) is 8.80. The van der Waals surface area contributed by atoms with E-state index < -0.39 is 6.04 Å². The lowest BCUT2D eigenvalue weighted by atomic mass is 9.93. The number of halogens is 1. The van der Waals surface area contributed by atoms with Crippen LogP contribution in [0.4, 0.5) is 4.39 Å². The summed E-state index contributed by atoms with van der Waals surface area (Å²) < 4.78 is 12.9. The van der Waals surface area contributed by atoms with E-state index in [0.29, 0.717) is 12.0 Å². The normalized spacial score (nSPS) is 14.4. The molecule has 2 unspecified atom stereocenters. The molecule has 2 nitrogen and oxygen atoms in total. The van der Waals surface area contributed by atoms with Gasteiger partial charge in [0.15, 0.2) is 0 Å². The smallest absolute Gasteiger partial charge is 0.123 e. The predicted molar refractivity (Wildman–Crippen MR) is 52.7 cm³/mol. The fourth-order valence-electron chi connectivity index (χ4n) is 1.37. The van der Waals surface area contributed by atoms with Gasteiger partial charge in [-0.1, -0.05) is 19.1 Å². The Morgan fingerprint density at radius 1 is 1.57 bits per heavy atom. The molecule has 0 aliphatic heterocycles. The maximum absolute atomic E-state index is 12.9. The number of nitrogens with two attached hydrogens (primary N) is 1. The third-order valence-electron chi connectivity index (χ3n) is 2.27. The zero-order valence-corrected chi connectivity index (χ0v) is 8.07. The van der Waals surface area contributed by atoms with Crippen LogP contribution in [0.1, 0.15) is 24.9 Å². The molecule has 0 radical (unpaired) electrons. The van der Waals surface area contributed by atoms with Crippen LogP contribution in [0.15, 0.2) is 24.3 Å². The first kappa shape index (κ1) is 10.7. The largest absolute Gasteiger partial charge is 0.323 e. The monoisotopic (exact) mass is 192 g/mol. The lowest BCUT2D eigenvalue weighted by Crippen LogP contribution is -2.19. The molecule has 1 rings (SSSR count). The van der Waals surface area contributed by atoms with Crippen LogP contribution in [-0.4, -0.2) is 0 Å². The third kappa shape index (κ3) is 2.30. The van der Waals surface area contributed by atoms with Crippen LogP contribution in [0, 0.1) is 23.1 Å². The van der Waals surface area contributed by atoms with Crippen LogP contribution >= 0.6 is 0 Å². The summed E-state index contributed by atoms with van der Waals surface area (Å²) in [6.45, 7) is 1.90. The molecule has 14 heavy (non-hydrogen) atoms. The number of hydrogen-bond donors (Lipinski definition) is 1. The first-order chi connectivity index (χ1) is 6.69. The first-order valence-electron chi connectivity index (χ1n) is 4.59. The fourth-order valence-corrected chi connectivity index (χ4v) is 1.37. The lowest BCUT2D eigenvalue weighted by Gasteiger charge is -2.16. The highest BCUT2D eigenvalue weighted by Gasteiger charge is 2.17. The van der Waals surface area contributed by atoms with Crippen molar-refractivity contribution in [3.05, 3.63) is 35.6 Å². The summed E-state index contributed by atoms with van der Waals surface area (Å²) in [6.07, 6.45) is 0.675. The number of nitriles is 1. The molecule has 2 atom stereocenters. The van der Waals surface area contributed by atoms with Crippen LogP contribution in [0.3, 0.4) is 0 Å². The second-order valence-corrected chi connectivity index (χ2v) is 3.22.